The number of aryl methyl sites for hydroxylation is 1. The maximum Gasteiger partial charge on any atom is 0.294 e. The zero-order valence-electron chi connectivity index (χ0n) is 8.69. The van der Waals surface area contributed by atoms with Crippen molar-refractivity contribution in [3.05, 3.63) is 29.8 Å². The fourth-order valence-corrected chi connectivity index (χ4v) is 1.80. The quantitative estimate of drug-likeness (QED) is 0.651. The van der Waals surface area contributed by atoms with Crippen LogP contribution in [0.1, 0.15) is 18.4 Å². The van der Waals surface area contributed by atoms with E-state index >= 15 is 0 Å². The zero-order chi connectivity index (χ0) is 10.8. The van der Waals surface area contributed by atoms with Crippen LogP contribution in [0.25, 0.3) is 0 Å². The Morgan fingerprint density at radius 2 is 2.07 bits per heavy atom. The zero-order valence-corrected chi connectivity index (χ0v) is 8.69. The summed E-state index contributed by atoms with van der Waals surface area (Å²) < 4.78 is 0. The van der Waals surface area contributed by atoms with Gasteiger partial charge in [-0.25, -0.2) is 0 Å². The van der Waals surface area contributed by atoms with Gasteiger partial charge in [-0.1, -0.05) is 12.1 Å². The molecule has 3 nitrogen and oxygen atoms in total. The van der Waals surface area contributed by atoms with Crippen LogP contribution in [0.5, 0.6) is 0 Å². The summed E-state index contributed by atoms with van der Waals surface area (Å²) >= 11 is 0. The van der Waals surface area contributed by atoms with Crippen molar-refractivity contribution in [2.24, 2.45) is 0 Å². The van der Waals surface area contributed by atoms with E-state index in [4.69, 9.17) is 0 Å². The molecule has 1 heterocycles. The second-order valence-corrected chi connectivity index (χ2v) is 3.82. The van der Waals surface area contributed by atoms with E-state index in [0.29, 0.717) is 13.0 Å². The van der Waals surface area contributed by atoms with E-state index in [-0.39, 0.29) is 11.7 Å². The number of amides is 1. The van der Waals surface area contributed by atoms with Crippen molar-refractivity contribution in [3.63, 3.8) is 0 Å². The van der Waals surface area contributed by atoms with Gasteiger partial charge >= 0.3 is 0 Å². The molecule has 1 aromatic rings. The summed E-state index contributed by atoms with van der Waals surface area (Å²) in [4.78, 5) is 24.5. The number of piperidine rings is 1. The van der Waals surface area contributed by atoms with E-state index in [1.165, 1.54) is 0 Å². The molecule has 1 aliphatic heterocycles. The number of benzene rings is 1. The first-order valence-electron chi connectivity index (χ1n) is 5.10. The molecule has 0 N–H and O–H groups in total. The van der Waals surface area contributed by atoms with E-state index in [1.54, 1.807) is 4.90 Å². The molecule has 1 aliphatic rings. The van der Waals surface area contributed by atoms with Crippen LogP contribution in [0.4, 0.5) is 5.69 Å². The molecule has 0 unspecified atom stereocenters. The predicted octanol–water partition coefficient (Wildman–Crippen LogP) is 1.69. The van der Waals surface area contributed by atoms with Crippen molar-refractivity contribution in [2.45, 2.75) is 19.8 Å². The fourth-order valence-electron chi connectivity index (χ4n) is 1.80. The first-order valence-corrected chi connectivity index (χ1v) is 5.10. The summed E-state index contributed by atoms with van der Waals surface area (Å²) in [6, 6.07) is 7.66. The number of anilines is 1. The monoisotopic (exact) mass is 203 g/mol. The van der Waals surface area contributed by atoms with Gasteiger partial charge in [-0.15, -0.1) is 0 Å². The number of hydrogen-bond acceptors (Lipinski definition) is 2. The Hall–Kier alpha value is -1.64. The molecule has 1 aromatic carbocycles. The second kappa shape index (κ2) is 3.85. The van der Waals surface area contributed by atoms with Gasteiger partial charge in [0, 0.05) is 18.7 Å². The van der Waals surface area contributed by atoms with Gasteiger partial charge in [0.05, 0.1) is 0 Å². The third-order valence-corrected chi connectivity index (χ3v) is 2.58. The highest BCUT2D eigenvalue weighted by Crippen LogP contribution is 2.20. The van der Waals surface area contributed by atoms with Crippen LogP contribution >= 0.6 is 0 Å². The maximum atomic E-state index is 11.6. The Kier molecular flexibility index (Phi) is 2.54. The molecule has 15 heavy (non-hydrogen) atoms. The molecule has 0 atom stereocenters. The molecule has 0 spiro atoms. The van der Waals surface area contributed by atoms with E-state index in [0.717, 1.165) is 17.7 Å². The highest BCUT2D eigenvalue weighted by Gasteiger charge is 2.27. The van der Waals surface area contributed by atoms with E-state index in [2.05, 4.69) is 0 Å². The number of nitrogens with zero attached hydrogens (tertiary/aromatic N) is 1. The molecule has 1 amide bonds. The SMILES string of the molecule is Cc1cccc(N2CCCC(=O)C2=O)c1. The first-order chi connectivity index (χ1) is 7.18. The molecule has 0 aromatic heterocycles. The summed E-state index contributed by atoms with van der Waals surface area (Å²) in [6.45, 7) is 2.62. The Balaban J connectivity index is 2.30. The lowest BCUT2D eigenvalue weighted by Gasteiger charge is -2.25. The molecular weight excluding hydrogens is 190 g/mol. The number of ketones is 1. The number of Topliss-reactive ketones (excluding diaryl/α,β-unsaturated/α-hetero) is 1. The normalized spacial score (nSPS) is 17.0. The Morgan fingerprint density at radius 3 is 2.80 bits per heavy atom. The van der Waals surface area contributed by atoms with Gasteiger partial charge < -0.3 is 4.90 Å². The number of carbonyl (C=O) groups excluding carboxylic acids is 2. The van der Waals surface area contributed by atoms with Crippen molar-refractivity contribution in [3.8, 4) is 0 Å². The smallest absolute Gasteiger partial charge is 0.294 e. The highest BCUT2D eigenvalue weighted by molar-refractivity contribution is 6.41. The van der Waals surface area contributed by atoms with Crippen LogP contribution < -0.4 is 4.90 Å². The average Bonchev–Trinajstić information content (AvgIpc) is 2.22. The molecule has 3 heteroatoms. The van der Waals surface area contributed by atoms with E-state index < -0.39 is 0 Å². The minimum absolute atomic E-state index is 0.275. The van der Waals surface area contributed by atoms with Crippen LogP contribution in [-0.4, -0.2) is 18.2 Å². The topological polar surface area (TPSA) is 37.4 Å². The standard InChI is InChI=1S/C12H13NO2/c1-9-4-2-5-10(8-9)13-7-3-6-11(14)12(13)15/h2,4-5,8H,3,6-7H2,1H3. The summed E-state index contributed by atoms with van der Waals surface area (Å²) in [5.41, 5.74) is 1.92. The predicted molar refractivity (Wildman–Crippen MR) is 57.8 cm³/mol. The van der Waals surface area contributed by atoms with Gasteiger partial charge in [-0.05, 0) is 31.0 Å². The molecule has 0 saturated carbocycles. The van der Waals surface area contributed by atoms with E-state index in [1.807, 2.05) is 31.2 Å². The lowest BCUT2D eigenvalue weighted by Crippen LogP contribution is -2.41. The van der Waals surface area contributed by atoms with Crippen LogP contribution in [0.15, 0.2) is 24.3 Å². The van der Waals surface area contributed by atoms with Crippen molar-refractivity contribution < 1.29 is 9.59 Å². The summed E-state index contributed by atoms with van der Waals surface area (Å²) in [7, 11) is 0. The Labute approximate surface area is 88.7 Å². The lowest BCUT2D eigenvalue weighted by atomic mass is 10.1. The molecule has 0 bridgehead atoms. The minimum Gasteiger partial charge on any atom is -0.306 e. The molecule has 1 fully saturated rings. The van der Waals surface area contributed by atoms with Crippen molar-refractivity contribution in [2.75, 3.05) is 11.4 Å². The van der Waals surface area contributed by atoms with Crippen LogP contribution in [0.3, 0.4) is 0 Å². The number of rotatable bonds is 1. The average molecular weight is 203 g/mol. The van der Waals surface area contributed by atoms with Gasteiger partial charge in [0.25, 0.3) is 5.91 Å². The van der Waals surface area contributed by atoms with Gasteiger partial charge in [-0.3, -0.25) is 9.59 Å². The maximum absolute atomic E-state index is 11.6. The van der Waals surface area contributed by atoms with Gasteiger partial charge in [0.2, 0.25) is 5.78 Å². The lowest BCUT2D eigenvalue weighted by molar-refractivity contribution is -0.137. The minimum atomic E-state index is -0.369. The fraction of sp³-hybridized carbons (Fsp3) is 0.333. The molecule has 2 rings (SSSR count). The van der Waals surface area contributed by atoms with Crippen LogP contribution in [-0.2, 0) is 9.59 Å². The Morgan fingerprint density at radius 1 is 1.27 bits per heavy atom. The van der Waals surface area contributed by atoms with Gasteiger partial charge in [0.1, 0.15) is 0 Å². The largest absolute Gasteiger partial charge is 0.306 e. The molecule has 0 radical (unpaired) electrons. The highest BCUT2D eigenvalue weighted by atomic mass is 16.2. The summed E-state index contributed by atoms with van der Waals surface area (Å²) in [5.74, 6) is -0.644. The third kappa shape index (κ3) is 1.91. The molecule has 0 aliphatic carbocycles. The molecule has 78 valence electrons. The second-order valence-electron chi connectivity index (χ2n) is 3.82. The van der Waals surface area contributed by atoms with Crippen LogP contribution in [0, 0.1) is 6.92 Å². The van der Waals surface area contributed by atoms with Crippen molar-refractivity contribution >= 4 is 17.4 Å². The van der Waals surface area contributed by atoms with Crippen LogP contribution in [0.2, 0.25) is 0 Å². The number of hydrogen-bond donors (Lipinski definition) is 0. The van der Waals surface area contributed by atoms with Gasteiger partial charge in [0.15, 0.2) is 0 Å². The first kappa shape index (κ1) is 9.90. The molecular formula is C12H13NO2. The number of carbonyl (C=O) groups is 2. The van der Waals surface area contributed by atoms with Crippen molar-refractivity contribution in [1.29, 1.82) is 0 Å². The summed E-state index contributed by atoms with van der Waals surface area (Å²) in [5, 5.41) is 0. The van der Waals surface area contributed by atoms with Gasteiger partial charge in [-0.2, -0.15) is 0 Å². The van der Waals surface area contributed by atoms with Crippen molar-refractivity contribution in [1.82, 2.24) is 0 Å². The summed E-state index contributed by atoms with van der Waals surface area (Å²) in [6.07, 6.45) is 1.15. The Bertz CT molecular complexity index is 412. The molecule has 1 saturated heterocycles. The van der Waals surface area contributed by atoms with E-state index in [9.17, 15) is 9.59 Å². The third-order valence-electron chi connectivity index (χ3n) is 2.58.